The normalized spacial score (nSPS) is 10.5. The van der Waals surface area contributed by atoms with Gasteiger partial charge in [0.25, 0.3) is 0 Å². The third-order valence-corrected chi connectivity index (χ3v) is 2.79. The predicted molar refractivity (Wildman–Crippen MR) is 71.0 cm³/mol. The molecule has 100 valence electrons. The van der Waals surface area contributed by atoms with E-state index in [9.17, 15) is 10.1 Å². The highest BCUT2D eigenvalue weighted by Gasteiger charge is 2.23. The molecule has 0 aromatic carbocycles. The fourth-order valence-corrected chi connectivity index (χ4v) is 1.68. The first-order chi connectivity index (χ1) is 8.53. The van der Waals surface area contributed by atoms with E-state index < -0.39 is 4.92 Å². The Morgan fingerprint density at radius 2 is 1.94 bits per heavy atom. The molecule has 7 heteroatoms. The maximum Gasteiger partial charge on any atom is 0.332 e. The molecule has 1 aromatic heterocycles. The Bertz CT molecular complexity index is 432. The molecule has 0 saturated carbocycles. The van der Waals surface area contributed by atoms with Crippen LogP contribution in [0, 0.1) is 17.0 Å². The van der Waals surface area contributed by atoms with Gasteiger partial charge >= 0.3 is 5.69 Å². The van der Waals surface area contributed by atoms with E-state index in [4.69, 9.17) is 0 Å². The number of hydrogen-bond donors (Lipinski definition) is 2. The van der Waals surface area contributed by atoms with Crippen molar-refractivity contribution >= 4 is 17.5 Å². The lowest BCUT2D eigenvalue weighted by molar-refractivity contribution is -0.385. The predicted octanol–water partition coefficient (Wildman–Crippen LogP) is 2.34. The molecule has 0 saturated heterocycles. The molecule has 1 aromatic rings. The molecule has 0 atom stereocenters. The van der Waals surface area contributed by atoms with Gasteiger partial charge in [0.1, 0.15) is 5.69 Å². The van der Waals surface area contributed by atoms with E-state index in [1.165, 1.54) is 0 Å². The van der Waals surface area contributed by atoms with Crippen LogP contribution in [0.4, 0.5) is 17.5 Å². The number of anilines is 2. The molecule has 0 aliphatic rings. The Morgan fingerprint density at radius 1 is 1.33 bits per heavy atom. The van der Waals surface area contributed by atoms with Crippen molar-refractivity contribution in [1.29, 1.82) is 0 Å². The molecule has 0 aliphatic heterocycles. The highest BCUT2D eigenvalue weighted by atomic mass is 16.6. The standard InChI is InChI=1S/C11H19N5O2/c1-5-8(6-2)14-10-9(16(17)18)7(3)13-11(12-4)15-10/h8H,5-6H2,1-4H3,(H2,12,13,14,15). The molecular formula is C11H19N5O2. The molecule has 0 fully saturated rings. The molecule has 0 aliphatic carbocycles. The summed E-state index contributed by atoms with van der Waals surface area (Å²) in [5.74, 6) is 0.664. The van der Waals surface area contributed by atoms with Gasteiger partial charge in [-0.3, -0.25) is 10.1 Å². The summed E-state index contributed by atoms with van der Waals surface area (Å²) in [5.41, 5.74) is 0.300. The van der Waals surface area contributed by atoms with Crippen molar-refractivity contribution in [3.63, 3.8) is 0 Å². The van der Waals surface area contributed by atoms with Gasteiger partial charge in [0.05, 0.1) is 4.92 Å². The smallest absolute Gasteiger partial charge is 0.332 e. The Labute approximate surface area is 106 Å². The van der Waals surface area contributed by atoms with E-state index in [0.717, 1.165) is 12.8 Å². The zero-order chi connectivity index (χ0) is 13.7. The van der Waals surface area contributed by atoms with Gasteiger partial charge in [-0.25, -0.2) is 4.98 Å². The number of rotatable bonds is 6. The first-order valence-corrected chi connectivity index (χ1v) is 6.00. The Balaban J connectivity index is 3.20. The molecule has 1 rings (SSSR count). The first kappa shape index (κ1) is 14.1. The SMILES string of the molecule is CCC(CC)Nc1nc(NC)nc(C)c1[N+](=O)[O-]. The van der Waals surface area contributed by atoms with Gasteiger partial charge < -0.3 is 10.6 Å². The summed E-state index contributed by atoms with van der Waals surface area (Å²) in [6.45, 7) is 5.67. The van der Waals surface area contributed by atoms with Gasteiger partial charge in [-0.2, -0.15) is 4.98 Å². The number of hydrogen-bond acceptors (Lipinski definition) is 6. The monoisotopic (exact) mass is 253 g/mol. The van der Waals surface area contributed by atoms with Crippen molar-refractivity contribution in [3.8, 4) is 0 Å². The lowest BCUT2D eigenvalue weighted by atomic mass is 10.1. The summed E-state index contributed by atoms with van der Waals surface area (Å²) in [4.78, 5) is 18.8. The van der Waals surface area contributed by atoms with Gasteiger partial charge in [-0.1, -0.05) is 13.8 Å². The second-order valence-electron chi connectivity index (χ2n) is 3.99. The molecule has 1 heterocycles. The summed E-state index contributed by atoms with van der Waals surface area (Å²) in [7, 11) is 1.68. The van der Waals surface area contributed by atoms with Crippen molar-refractivity contribution < 1.29 is 4.92 Å². The van der Waals surface area contributed by atoms with Gasteiger partial charge in [0, 0.05) is 13.1 Å². The molecule has 0 bridgehead atoms. The Kier molecular flexibility index (Phi) is 4.82. The zero-order valence-corrected chi connectivity index (χ0v) is 11.1. The van der Waals surface area contributed by atoms with Crippen LogP contribution in [0.2, 0.25) is 0 Å². The van der Waals surface area contributed by atoms with E-state index in [1.54, 1.807) is 14.0 Å². The molecule has 7 nitrogen and oxygen atoms in total. The first-order valence-electron chi connectivity index (χ1n) is 6.00. The second-order valence-corrected chi connectivity index (χ2v) is 3.99. The molecule has 18 heavy (non-hydrogen) atoms. The fourth-order valence-electron chi connectivity index (χ4n) is 1.68. The Morgan fingerprint density at radius 3 is 2.39 bits per heavy atom. The largest absolute Gasteiger partial charge is 0.361 e. The van der Waals surface area contributed by atoms with Crippen LogP contribution >= 0.6 is 0 Å². The van der Waals surface area contributed by atoms with Crippen molar-refractivity contribution in [1.82, 2.24) is 9.97 Å². The Hall–Kier alpha value is -1.92. The minimum Gasteiger partial charge on any atom is -0.361 e. The van der Waals surface area contributed by atoms with Crippen LogP contribution in [0.3, 0.4) is 0 Å². The molecular weight excluding hydrogens is 234 g/mol. The molecule has 0 amide bonds. The van der Waals surface area contributed by atoms with Crippen LogP contribution in [-0.2, 0) is 0 Å². The van der Waals surface area contributed by atoms with Crippen molar-refractivity contribution in [3.05, 3.63) is 15.8 Å². The van der Waals surface area contributed by atoms with Crippen LogP contribution in [-0.4, -0.2) is 28.0 Å². The van der Waals surface area contributed by atoms with E-state index in [0.29, 0.717) is 11.6 Å². The van der Waals surface area contributed by atoms with Gasteiger partial charge in [-0.05, 0) is 19.8 Å². The van der Waals surface area contributed by atoms with Gasteiger partial charge in [-0.15, -0.1) is 0 Å². The van der Waals surface area contributed by atoms with E-state index in [1.807, 2.05) is 13.8 Å². The quantitative estimate of drug-likeness (QED) is 0.597. The van der Waals surface area contributed by atoms with Gasteiger partial charge in [0.15, 0.2) is 0 Å². The van der Waals surface area contributed by atoms with Crippen molar-refractivity contribution in [2.45, 2.75) is 39.7 Å². The number of aromatic nitrogens is 2. The minimum absolute atomic E-state index is 0.0547. The van der Waals surface area contributed by atoms with Crippen LogP contribution in [0.15, 0.2) is 0 Å². The fraction of sp³-hybridized carbons (Fsp3) is 0.636. The number of nitrogens with zero attached hydrogens (tertiary/aromatic N) is 3. The summed E-state index contributed by atoms with van der Waals surface area (Å²) >= 11 is 0. The number of aryl methyl sites for hydroxylation is 1. The molecule has 0 radical (unpaired) electrons. The minimum atomic E-state index is -0.445. The highest BCUT2D eigenvalue weighted by molar-refractivity contribution is 5.61. The second kappa shape index (κ2) is 6.13. The van der Waals surface area contributed by atoms with E-state index >= 15 is 0 Å². The number of nitro groups is 1. The highest BCUT2D eigenvalue weighted by Crippen LogP contribution is 2.27. The molecule has 2 N–H and O–H groups in total. The topological polar surface area (TPSA) is 93.0 Å². The van der Waals surface area contributed by atoms with Crippen LogP contribution in [0.5, 0.6) is 0 Å². The summed E-state index contributed by atoms with van der Waals surface area (Å²) < 4.78 is 0. The maximum atomic E-state index is 11.1. The average Bonchev–Trinajstić information content (AvgIpc) is 2.34. The summed E-state index contributed by atoms with van der Waals surface area (Å²) in [6.07, 6.45) is 1.76. The maximum absolute atomic E-state index is 11.1. The van der Waals surface area contributed by atoms with E-state index in [2.05, 4.69) is 20.6 Å². The summed E-state index contributed by atoms with van der Waals surface area (Å²) in [5, 5.41) is 17.0. The van der Waals surface area contributed by atoms with Crippen molar-refractivity contribution in [2.75, 3.05) is 17.7 Å². The lowest BCUT2D eigenvalue weighted by Gasteiger charge is -2.16. The third kappa shape index (κ3) is 3.06. The summed E-state index contributed by atoms with van der Waals surface area (Å²) in [6, 6.07) is 0.169. The van der Waals surface area contributed by atoms with Gasteiger partial charge in [0.2, 0.25) is 11.8 Å². The molecule has 0 unspecified atom stereocenters. The van der Waals surface area contributed by atoms with Crippen LogP contribution in [0.1, 0.15) is 32.4 Å². The zero-order valence-electron chi connectivity index (χ0n) is 11.1. The molecule has 0 spiro atoms. The lowest BCUT2D eigenvalue weighted by Crippen LogP contribution is -2.20. The third-order valence-electron chi connectivity index (χ3n) is 2.79. The number of nitrogens with one attached hydrogen (secondary N) is 2. The average molecular weight is 253 g/mol. The van der Waals surface area contributed by atoms with Crippen LogP contribution < -0.4 is 10.6 Å². The van der Waals surface area contributed by atoms with E-state index in [-0.39, 0.29) is 17.5 Å². The van der Waals surface area contributed by atoms with Crippen LogP contribution in [0.25, 0.3) is 0 Å². The van der Waals surface area contributed by atoms with Crippen molar-refractivity contribution in [2.24, 2.45) is 0 Å².